The fraction of sp³-hybridized carbons (Fsp3) is 0.0714. The molecule has 0 saturated heterocycles. The molecule has 0 aliphatic heterocycles. The summed E-state index contributed by atoms with van der Waals surface area (Å²) in [6.45, 7) is 0. The predicted molar refractivity (Wildman–Crippen MR) is 92.0 cm³/mol. The van der Waals surface area contributed by atoms with Crippen LogP contribution in [0, 0.1) is 0 Å². The fourth-order valence-corrected chi connectivity index (χ4v) is 2.75. The molecule has 0 bridgehead atoms. The van der Waals surface area contributed by atoms with Crippen molar-refractivity contribution in [3.8, 4) is 0 Å². The molecule has 0 atom stereocenters. The summed E-state index contributed by atoms with van der Waals surface area (Å²) in [6.07, 6.45) is 1.02. The van der Waals surface area contributed by atoms with E-state index in [2.05, 4.69) is 26.0 Å². The SMILES string of the molecule is CS(=O)(=O)Nc1ccccc1C(=O)Nc1ccc(Br)c(Cl)c1. The number of hydrogen-bond donors (Lipinski definition) is 2. The third-order valence-electron chi connectivity index (χ3n) is 2.64. The Bertz CT molecular complexity index is 825. The van der Waals surface area contributed by atoms with Crippen LogP contribution in [0.1, 0.15) is 10.4 Å². The molecule has 0 spiro atoms. The zero-order valence-electron chi connectivity index (χ0n) is 11.4. The number of carbonyl (C=O) groups excluding carboxylic acids is 1. The summed E-state index contributed by atoms with van der Waals surface area (Å²) >= 11 is 9.24. The van der Waals surface area contributed by atoms with E-state index in [1.807, 2.05) is 0 Å². The Morgan fingerprint density at radius 3 is 2.50 bits per heavy atom. The molecule has 0 fully saturated rings. The van der Waals surface area contributed by atoms with Gasteiger partial charge < -0.3 is 5.32 Å². The van der Waals surface area contributed by atoms with Crippen molar-refractivity contribution >= 4 is 54.8 Å². The zero-order valence-corrected chi connectivity index (χ0v) is 14.6. The van der Waals surface area contributed by atoms with Crippen molar-refractivity contribution in [2.75, 3.05) is 16.3 Å². The van der Waals surface area contributed by atoms with Crippen molar-refractivity contribution < 1.29 is 13.2 Å². The minimum absolute atomic E-state index is 0.214. The molecule has 2 N–H and O–H groups in total. The summed E-state index contributed by atoms with van der Waals surface area (Å²) in [5.41, 5.74) is 0.935. The topological polar surface area (TPSA) is 75.3 Å². The molecule has 1 amide bonds. The Hall–Kier alpha value is -1.57. The maximum absolute atomic E-state index is 12.3. The first kappa shape index (κ1) is 16.8. The van der Waals surface area contributed by atoms with Gasteiger partial charge in [-0.1, -0.05) is 23.7 Å². The lowest BCUT2D eigenvalue weighted by molar-refractivity contribution is 0.102. The summed E-state index contributed by atoms with van der Waals surface area (Å²) in [5.74, 6) is -0.440. The monoisotopic (exact) mass is 402 g/mol. The molecule has 22 heavy (non-hydrogen) atoms. The molecule has 0 heterocycles. The molecule has 2 rings (SSSR count). The van der Waals surface area contributed by atoms with Gasteiger partial charge in [0.1, 0.15) is 0 Å². The van der Waals surface area contributed by atoms with Crippen LogP contribution >= 0.6 is 27.5 Å². The van der Waals surface area contributed by atoms with E-state index in [1.165, 1.54) is 12.1 Å². The highest BCUT2D eigenvalue weighted by atomic mass is 79.9. The predicted octanol–water partition coefficient (Wildman–Crippen LogP) is 3.73. The van der Waals surface area contributed by atoms with Crippen molar-refractivity contribution in [2.24, 2.45) is 0 Å². The number of halogens is 2. The third-order valence-corrected chi connectivity index (χ3v) is 4.47. The summed E-state index contributed by atoms with van der Waals surface area (Å²) < 4.78 is 25.7. The van der Waals surface area contributed by atoms with E-state index >= 15 is 0 Å². The van der Waals surface area contributed by atoms with Gasteiger partial charge in [-0.3, -0.25) is 9.52 Å². The fourth-order valence-electron chi connectivity index (χ4n) is 1.74. The number of rotatable bonds is 4. The molecule has 0 aliphatic rings. The van der Waals surface area contributed by atoms with Gasteiger partial charge in [0.15, 0.2) is 0 Å². The molecule has 8 heteroatoms. The molecule has 0 aliphatic carbocycles. The zero-order chi connectivity index (χ0) is 16.3. The summed E-state index contributed by atoms with van der Waals surface area (Å²) in [6, 6.07) is 11.3. The number of carbonyl (C=O) groups is 1. The maximum atomic E-state index is 12.3. The highest BCUT2D eigenvalue weighted by Gasteiger charge is 2.14. The first-order valence-corrected chi connectivity index (χ1v) is 9.16. The van der Waals surface area contributed by atoms with Crippen LogP contribution in [0.3, 0.4) is 0 Å². The first-order chi connectivity index (χ1) is 10.3. The van der Waals surface area contributed by atoms with Gasteiger partial charge in [0.05, 0.1) is 22.5 Å². The summed E-state index contributed by atoms with van der Waals surface area (Å²) in [4.78, 5) is 12.3. The van der Waals surface area contributed by atoms with Gasteiger partial charge in [0, 0.05) is 10.2 Å². The summed E-state index contributed by atoms with van der Waals surface area (Å²) in [7, 11) is -3.48. The van der Waals surface area contributed by atoms with Crippen LogP contribution in [0.5, 0.6) is 0 Å². The molecule has 0 aromatic heterocycles. The second-order valence-corrected chi connectivity index (χ2v) is 7.51. The number of anilines is 2. The van der Waals surface area contributed by atoms with Crippen LogP contribution in [-0.4, -0.2) is 20.6 Å². The highest BCUT2D eigenvalue weighted by Crippen LogP contribution is 2.26. The molecular formula is C14H12BrClN2O3S. The van der Waals surface area contributed by atoms with E-state index < -0.39 is 15.9 Å². The highest BCUT2D eigenvalue weighted by molar-refractivity contribution is 9.10. The van der Waals surface area contributed by atoms with E-state index in [0.29, 0.717) is 15.2 Å². The molecule has 2 aromatic carbocycles. The number of sulfonamides is 1. The first-order valence-electron chi connectivity index (χ1n) is 6.09. The van der Waals surface area contributed by atoms with Crippen LogP contribution in [-0.2, 0) is 10.0 Å². The van der Waals surface area contributed by atoms with Gasteiger partial charge in [0.2, 0.25) is 10.0 Å². The summed E-state index contributed by atoms with van der Waals surface area (Å²) in [5, 5.41) is 3.13. The molecule has 2 aromatic rings. The number of nitrogens with one attached hydrogen (secondary N) is 2. The normalized spacial score (nSPS) is 11.0. The second kappa shape index (κ2) is 6.68. The average Bonchev–Trinajstić information content (AvgIpc) is 2.41. The van der Waals surface area contributed by atoms with Crippen molar-refractivity contribution in [1.82, 2.24) is 0 Å². The van der Waals surface area contributed by atoms with Crippen LogP contribution in [0.2, 0.25) is 5.02 Å². The largest absolute Gasteiger partial charge is 0.322 e. The molecule has 0 unspecified atom stereocenters. The second-order valence-electron chi connectivity index (χ2n) is 4.50. The van der Waals surface area contributed by atoms with E-state index in [4.69, 9.17) is 11.6 Å². The minimum atomic E-state index is -3.48. The number of benzene rings is 2. The lowest BCUT2D eigenvalue weighted by Gasteiger charge is -2.11. The van der Waals surface area contributed by atoms with Gasteiger partial charge in [0.25, 0.3) is 5.91 Å². The maximum Gasteiger partial charge on any atom is 0.257 e. The Balaban J connectivity index is 2.28. The van der Waals surface area contributed by atoms with Gasteiger partial charge in [-0.05, 0) is 46.3 Å². The van der Waals surface area contributed by atoms with Crippen molar-refractivity contribution in [2.45, 2.75) is 0 Å². The van der Waals surface area contributed by atoms with Crippen LogP contribution < -0.4 is 10.0 Å². The van der Waals surface area contributed by atoms with Crippen molar-refractivity contribution in [3.05, 3.63) is 57.5 Å². The van der Waals surface area contributed by atoms with E-state index in [-0.39, 0.29) is 11.3 Å². The Morgan fingerprint density at radius 2 is 1.86 bits per heavy atom. The quantitative estimate of drug-likeness (QED) is 0.817. The van der Waals surface area contributed by atoms with Gasteiger partial charge in [-0.2, -0.15) is 0 Å². The number of para-hydroxylation sites is 1. The molecular weight excluding hydrogens is 392 g/mol. The lowest BCUT2D eigenvalue weighted by Crippen LogP contribution is -2.17. The van der Waals surface area contributed by atoms with E-state index in [9.17, 15) is 13.2 Å². The van der Waals surface area contributed by atoms with Gasteiger partial charge in [-0.25, -0.2) is 8.42 Å². The minimum Gasteiger partial charge on any atom is -0.322 e. The number of hydrogen-bond acceptors (Lipinski definition) is 3. The standard InChI is InChI=1S/C14H12BrClN2O3S/c1-22(20,21)18-13-5-3-2-4-10(13)14(19)17-9-6-7-11(15)12(16)8-9/h2-8,18H,1H3,(H,17,19). The third kappa shape index (κ3) is 4.46. The Kier molecular flexibility index (Phi) is 5.10. The van der Waals surface area contributed by atoms with Crippen LogP contribution in [0.25, 0.3) is 0 Å². The van der Waals surface area contributed by atoms with Gasteiger partial charge in [-0.15, -0.1) is 0 Å². The van der Waals surface area contributed by atoms with E-state index in [0.717, 1.165) is 6.26 Å². The smallest absolute Gasteiger partial charge is 0.257 e. The molecule has 0 saturated carbocycles. The van der Waals surface area contributed by atoms with Crippen LogP contribution in [0.15, 0.2) is 46.9 Å². The Morgan fingerprint density at radius 1 is 1.18 bits per heavy atom. The Labute approximate surface area is 141 Å². The van der Waals surface area contributed by atoms with Crippen molar-refractivity contribution in [1.29, 1.82) is 0 Å². The van der Waals surface area contributed by atoms with Gasteiger partial charge >= 0.3 is 0 Å². The molecule has 116 valence electrons. The average molecular weight is 404 g/mol. The molecule has 5 nitrogen and oxygen atoms in total. The molecule has 0 radical (unpaired) electrons. The lowest BCUT2D eigenvalue weighted by atomic mass is 10.1. The van der Waals surface area contributed by atoms with Crippen molar-refractivity contribution in [3.63, 3.8) is 0 Å². The number of amides is 1. The van der Waals surface area contributed by atoms with E-state index in [1.54, 1.807) is 30.3 Å². The van der Waals surface area contributed by atoms with Crippen LogP contribution in [0.4, 0.5) is 11.4 Å².